The number of carbonyl (C=O) groups is 2. The first-order valence-corrected chi connectivity index (χ1v) is 7.66. The molecule has 112 valence electrons. The third-order valence-electron chi connectivity index (χ3n) is 6.01. The molecule has 3 nitrogen and oxygen atoms in total. The Labute approximate surface area is 126 Å². The molecule has 2 bridgehead atoms. The molecular formula is C18H23NO2. The van der Waals surface area contributed by atoms with E-state index in [4.69, 9.17) is 0 Å². The van der Waals surface area contributed by atoms with Crippen LogP contribution < -0.4 is 4.90 Å². The number of hydrogen-bond acceptors (Lipinski definition) is 2. The molecule has 2 fully saturated rings. The van der Waals surface area contributed by atoms with Gasteiger partial charge in [0.05, 0.1) is 11.1 Å². The first-order valence-electron chi connectivity index (χ1n) is 7.66. The van der Waals surface area contributed by atoms with Gasteiger partial charge in [-0.15, -0.1) is 0 Å². The van der Waals surface area contributed by atoms with E-state index in [9.17, 15) is 9.59 Å². The van der Waals surface area contributed by atoms with Crippen molar-refractivity contribution in [2.75, 3.05) is 4.90 Å². The lowest BCUT2D eigenvalue weighted by Gasteiger charge is -2.47. The van der Waals surface area contributed by atoms with Gasteiger partial charge in [-0.1, -0.05) is 38.5 Å². The fraction of sp³-hybridized carbons (Fsp3) is 0.556. The van der Waals surface area contributed by atoms with Gasteiger partial charge in [0, 0.05) is 5.92 Å². The topological polar surface area (TPSA) is 37.4 Å². The standard InChI is InChI=1S/C18H23NO2/c1-11-6-7-14(12(2)10-11)19-15(20)13-8-9-18(5,16(19)21)17(13,3)4/h6-7,10,13H,8-9H2,1-5H3/t13-,18+/m1/s1. The molecule has 1 aliphatic heterocycles. The van der Waals surface area contributed by atoms with Crippen LogP contribution in [-0.2, 0) is 9.59 Å². The van der Waals surface area contributed by atoms with E-state index in [1.165, 1.54) is 4.90 Å². The molecule has 1 aromatic rings. The molecule has 0 spiro atoms. The summed E-state index contributed by atoms with van der Waals surface area (Å²) in [5.41, 5.74) is 2.19. The first kappa shape index (κ1) is 14.3. The van der Waals surface area contributed by atoms with Crippen LogP contribution in [0.2, 0.25) is 0 Å². The molecule has 3 rings (SSSR count). The predicted octanol–water partition coefficient (Wildman–Crippen LogP) is 3.62. The molecule has 1 saturated heterocycles. The highest BCUT2D eigenvalue weighted by Gasteiger charge is 2.64. The number of benzene rings is 1. The summed E-state index contributed by atoms with van der Waals surface area (Å²) in [6.07, 6.45) is 1.62. The Balaban J connectivity index is 2.13. The predicted molar refractivity (Wildman–Crippen MR) is 83.0 cm³/mol. The van der Waals surface area contributed by atoms with Gasteiger partial charge in [-0.2, -0.15) is 0 Å². The van der Waals surface area contributed by atoms with Gasteiger partial charge < -0.3 is 0 Å². The lowest BCUT2D eigenvalue weighted by molar-refractivity contribution is -0.146. The van der Waals surface area contributed by atoms with Crippen LogP contribution in [0, 0.1) is 30.6 Å². The van der Waals surface area contributed by atoms with Gasteiger partial charge in [0.1, 0.15) is 0 Å². The summed E-state index contributed by atoms with van der Waals surface area (Å²) >= 11 is 0. The second-order valence-electron chi connectivity index (χ2n) is 7.41. The molecule has 1 aromatic carbocycles. The lowest BCUT2D eigenvalue weighted by Crippen LogP contribution is -2.59. The Morgan fingerprint density at radius 2 is 1.81 bits per heavy atom. The van der Waals surface area contributed by atoms with Crippen LogP contribution in [-0.4, -0.2) is 11.8 Å². The number of hydrogen-bond donors (Lipinski definition) is 0. The molecule has 0 aromatic heterocycles. The molecule has 2 atom stereocenters. The summed E-state index contributed by atoms with van der Waals surface area (Å²) < 4.78 is 0. The normalized spacial score (nSPS) is 30.9. The van der Waals surface area contributed by atoms with Crippen LogP contribution in [0.25, 0.3) is 0 Å². The van der Waals surface area contributed by atoms with Crippen molar-refractivity contribution >= 4 is 17.5 Å². The monoisotopic (exact) mass is 285 g/mol. The zero-order chi connectivity index (χ0) is 15.6. The van der Waals surface area contributed by atoms with Crippen molar-refractivity contribution in [3.05, 3.63) is 29.3 Å². The third-order valence-corrected chi connectivity index (χ3v) is 6.01. The largest absolute Gasteiger partial charge is 0.274 e. The number of carbonyl (C=O) groups excluding carboxylic acids is 2. The van der Waals surface area contributed by atoms with E-state index in [1.807, 2.05) is 39.0 Å². The minimum absolute atomic E-state index is 0.0214. The van der Waals surface area contributed by atoms with E-state index in [0.29, 0.717) is 0 Å². The maximum absolute atomic E-state index is 13.1. The molecule has 1 heterocycles. The quantitative estimate of drug-likeness (QED) is 0.739. The Morgan fingerprint density at radius 1 is 1.14 bits per heavy atom. The van der Waals surface area contributed by atoms with E-state index in [0.717, 1.165) is 29.7 Å². The van der Waals surface area contributed by atoms with Crippen molar-refractivity contribution in [3.8, 4) is 0 Å². The molecule has 0 N–H and O–H groups in total. The third kappa shape index (κ3) is 1.66. The smallest absolute Gasteiger partial charge is 0.240 e. The highest BCUT2D eigenvalue weighted by atomic mass is 16.2. The molecule has 21 heavy (non-hydrogen) atoms. The van der Waals surface area contributed by atoms with E-state index in [2.05, 4.69) is 13.8 Å². The van der Waals surface area contributed by atoms with Gasteiger partial charge in [0.25, 0.3) is 0 Å². The lowest BCUT2D eigenvalue weighted by atomic mass is 9.62. The summed E-state index contributed by atoms with van der Waals surface area (Å²) in [5.74, 6) is -0.106. The number of nitrogens with zero attached hydrogens (tertiary/aromatic N) is 1. The average molecular weight is 285 g/mol. The van der Waals surface area contributed by atoms with E-state index in [-0.39, 0.29) is 23.1 Å². The van der Waals surface area contributed by atoms with Gasteiger partial charge >= 0.3 is 0 Å². The molecule has 0 radical (unpaired) electrons. The highest BCUT2D eigenvalue weighted by Crippen LogP contribution is 2.60. The number of anilines is 1. The molecule has 1 saturated carbocycles. The van der Waals surface area contributed by atoms with Gasteiger partial charge in [-0.05, 0) is 43.7 Å². The van der Waals surface area contributed by atoms with Crippen LogP contribution >= 0.6 is 0 Å². The maximum Gasteiger partial charge on any atom is 0.240 e. The summed E-state index contributed by atoms with van der Waals surface area (Å²) in [4.78, 5) is 27.4. The second kappa shape index (κ2) is 4.19. The molecule has 2 amide bonds. The Hall–Kier alpha value is -1.64. The fourth-order valence-corrected chi connectivity index (χ4v) is 4.10. The number of piperidine rings is 1. The number of fused-ring (bicyclic) bond motifs is 2. The van der Waals surface area contributed by atoms with Crippen LogP contribution in [0.3, 0.4) is 0 Å². The minimum Gasteiger partial charge on any atom is -0.274 e. The van der Waals surface area contributed by atoms with Crippen molar-refractivity contribution in [1.82, 2.24) is 0 Å². The molecule has 2 aliphatic rings. The second-order valence-corrected chi connectivity index (χ2v) is 7.41. The van der Waals surface area contributed by atoms with Crippen LogP contribution in [0.4, 0.5) is 5.69 Å². The zero-order valence-corrected chi connectivity index (χ0v) is 13.5. The van der Waals surface area contributed by atoms with Crippen LogP contribution in [0.15, 0.2) is 18.2 Å². The highest BCUT2D eigenvalue weighted by molar-refractivity contribution is 6.20. The Kier molecular flexibility index (Phi) is 2.85. The number of amides is 2. The van der Waals surface area contributed by atoms with Crippen LogP contribution in [0.5, 0.6) is 0 Å². The Morgan fingerprint density at radius 3 is 2.43 bits per heavy atom. The van der Waals surface area contributed by atoms with Crippen LogP contribution in [0.1, 0.15) is 44.7 Å². The molecule has 0 unspecified atom stereocenters. The Bertz CT molecular complexity index is 647. The van der Waals surface area contributed by atoms with Crippen molar-refractivity contribution < 1.29 is 9.59 Å². The number of imide groups is 1. The molecule has 1 aliphatic carbocycles. The SMILES string of the molecule is Cc1ccc(N2C(=O)[C@H]3CC[C@@](C)(C2=O)C3(C)C)c(C)c1. The van der Waals surface area contributed by atoms with E-state index in [1.54, 1.807) is 0 Å². The zero-order valence-electron chi connectivity index (χ0n) is 13.5. The van der Waals surface area contributed by atoms with E-state index >= 15 is 0 Å². The number of aryl methyl sites for hydroxylation is 2. The van der Waals surface area contributed by atoms with Gasteiger partial charge in [0.2, 0.25) is 11.8 Å². The van der Waals surface area contributed by atoms with Crippen molar-refractivity contribution in [2.24, 2.45) is 16.7 Å². The van der Waals surface area contributed by atoms with Gasteiger partial charge in [-0.25, -0.2) is 4.90 Å². The number of rotatable bonds is 1. The molecule has 3 heteroatoms. The molecular weight excluding hydrogens is 262 g/mol. The fourth-order valence-electron chi connectivity index (χ4n) is 4.10. The van der Waals surface area contributed by atoms with Gasteiger partial charge in [0.15, 0.2) is 0 Å². The summed E-state index contributed by atoms with van der Waals surface area (Å²) in [6, 6.07) is 5.90. The minimum atomic E-state index is -0.442. The summed E-state index contributed by atoms with van der Waals surface area (Å²) in [5, 5.41) is 0. The van der Waals surface area contributed by atoms with Gasteiger partial charge in [-0.3, -0.25) is 9.59 Å². The maximum atomic E-state index is 13.1. The van der Waals surface area contributed by atoms with Crippen molar-refractivity contribution in [3.63, 3.8) is 0 Å². The first-order chi connectivity index (χ1) is 9.70. The average Bonchev–Trinajstić information content (AvgIpc) is 2.57. The van der Waals surface area contributed by atoms with Crippen molar-refractivity contribution in [2.45, 2.75) is 47.5 Å². The van der Waals surface area contributed by atoms with E-state index < -0.39 is 5.41 Å². The van der Waals surface area contributed by atoms with Crippen molar-refractivity contribution in [1.29, 1.82) is 0 Å². The summed E-state index contributed by atoms with van der Waals surface area (Å²) in [6.45, 7) is 10.1. The summed E-state index contributed by atoms with van der Waals surface area (Å²) in [7, 11) is 0.